The van der Waals surface area contributed by atoms with Crippen LogP contribution in [-0.4, -0.2) is 12.6 Å². The second kappa shape index (κ2) is 1.73. The second-order valence-electron chi connectivity index (χ2n) is 3.12. The summed E-state index contributed by atoms with van der Waals surface area (Å²) in [5.41, 5.74) is 0. The Morgan fingerprint density at radius 3 is 2.88 bits per heavy atom. The van der Waals surface area contributed by atoms with E-state index in [1.54, 1.807) is 0 Å². The van der Waals surface area contributed by atoms with E-state index in [9.17, 15) is 0 Å². The molecule has 2 fully saturated rings. The van der Waals surface area contributed by atoms with Gasteiger partial charge in [-0.3, -0.25) is 0 Å². The molecule has 1 saturated heterocycles. The van der Waals surface area contributed by atoms with Gasteiger partial charge in [-0.15, -0.1) is 0 Å². The van der Waals surface area contributed by atoms with Crippen LogP contribution >= 0.6 is 0 Å². The van der Waals surface area contributed by atoms with Crippen molar-refractivity contribution in [1.82, 2.24) is 5.32 Å². The summed E-state index contributed by atoms with van der Waals surface area (Å²) in [5, 5.41) is 3.51. The monoisotopic (exact) mass is 111 g/mol. The van der Waals surface area contributed by atoms with Gasteiger partial charge in [0.2, 0.25) is 0 Å². The van der Waals surface area contributed by atoms with Crippen LogP contribution in [0.5, 0.6) is 0 Å². The van der Waals surface area contributed by atoms with Crippen LogP contribution in [0, 0.1) is 5.92 Å². The first-order chi connectivity index (χ1) is 3.95. The topological polar surface area (TPSA) is 12.0 Å². The van der Waals surface area contributed by atoms with E-state index in [1.807, 2.05) is 0 Å². The summed E-state index contributed by atoms with van der Waals surface area (Å²) >= 11 is 0. The Kier molecular flexibility index (Phi) is 1.04. The fourth-order valence-electron chi connectivity index (χ4n) is 2.01. The number of hydrogen-bond acceptors (Lipinski definition) is 1. The van der Waals surface area contributed by atoms with Gasteiger partial charge in [0.05, 0.1) is 0 Å². The second-order valence-corrected chi connectivity index (χ2v) is 3.12. The Hall–Kier alpha value is -0.0400. The molecule has 0 radical (unpaired) electrons. The van der Waals surface area contributed by atoms with Gasteiger partial charge in [0, 0.05) is 6.04 Å². The minimum absolute atomic E-state index is 0.911. The van der Waals surface area contributed by atoms with Crippen LogP contribution < -0.4 is 5.32 Å². The minimum atomic E-state index is 0.911. The number of nitrogens with one attached hydrogen (secondary N) is 1. The van der Waals surface area contributed by atoms with E-state index in [0.717, 1.165) is 12.0 Å². The van der Waals surface area contributed by atoms with Crippen molar-refractivity contribution in [2.75, 3.05) is 6.54 Å². The van der Waals surface area contributed by atoms with E-state index in [0.29, 0.717) is 0 Å². The summed E-state index contributed by atoms with van der Waals surface area (Å²) in [7, 11) is 0. The Morgan fingerprint density at radius 1 is 1.12 bits per heavy atom. The summed E-state index contributed by atoms with van der Waals surface area (Å²) in [4.78, 5) is 0. The van der Waals surface area contributed by atoms with Crippen molar-refractivity contribution >= 4 is 0 Å². The largest absolute Gasteiger partial charge is 0.314 e. The summed E-state index contributed by atoms with van der Waals surface area (Å²) in [6.45, 7) is 1.29. The molecule has 0 amide bonds. The van der Waals surface area contributed by atoms with Crippen molar-refractivity contribution in [3.8, 4) is 0 Å². The molecule has 2 unspecified atom stereocenters. The molecule has 1 nitrogen and oxygen atoms in total. The Labute approximate surface area is 50.5 Å². The highest BCUT2D eigenvalue weighted by molar-refractivity contribution is 4.85. The average molecular weight is 111 g/mol. The van der Waals surface area contributed by atoms with Crippen LogP contribution in [0.15, 0.2) is 0 Å². The summed E-state index contributed by atoms with van der Waals surface area (Å²) in [6.07, 6.45) is 5.86. The molecule has 0 aromatic rings. The fraction of sp³-hybridized carbons (Fsp3) is 1.00. The van der Waals surface area contributed by atoms with E-state index >= 15 is 0 Å². The molecular formula is C7H13N. The molecule has 2 bridgehead atoms. The lowest BCUT2D eigenvalue weighted by Gasteiger charge is -2.19. The molecule has 1 aliphatic carbocycles. The van der Waals surface area contributed by atoms with Gasteiger partial charge in [-0.1, -0.05) is 0 Å². The van der Waals surface area contributed by atoms with Gasteiger partial charge in [-0.05, 0) is 38.1 Å². The Balaban J connectivity index is 2.03. The van der Waals surface area contributed by atoms with Crippen LogP contribution in [0.2, 0.25) is 0 Å². The highest BCUT2D eigenvalue weighted by atomic mass is 14.9. The van der Waals surface area contributed by atoms with Crippen LogP contribution in [0.4, 0.5) is 0 Å². The number of fused-ring (bicyclic) bond motifs is 2. The van der Waals surface area contributed by atoms with Crippen LogP contribution in [-0.2, 0) is 0 Å². The SMILES string of the molecule is C1CC2CCC(C2)N1. The molecule has 2 atom stereocenters. The molecule has 46 valence electrons. The third-order valence-corrected chi connectivity index (χ3v) is 2.53. The molecule has 0 aromatic heterocycles. The van der Waals surface area contributed by atoms with Crippen molar-refractivity contribution in [2.45, 2.75) is 31.7 Å². The first-order valence-electron chi connectivity index (χ1n) is 3.68. The minimum Gasteiger partial charge on any atom is -0.314 e. The standard InChI is InChI=1S/C7H13N/c1-2-7-5-6(1)3-4-8-7/h6-8H,1-5H2. The Morgan fingerprint density at radius 2 is 2.12 bits per heavy atom. The maximum Gasteiger partial charge on any atom is 0.00698 e. The van der Waals surface area contributed by atoms with Gasteiger partial charge in [-0.2, -0.15) is 0 Å². The molecule has 1 heterocycles. The number of hydrogen-bond donors (Lipinski definition) is 1. The molecule has 0 aromatic carbocycles. The van der Waals surface area contributed by atoms with Gasteiger partial charge >= 0.3 is 0 Å². The molecule has 1 aliphatic heterocycles. The zero-order valence-electron chi connectivity index (χ0n) is 5.19. The summed E-state index contributed by atoms with van der Waals surface area (Å²) in [6, 6.07) is 0.911. The molecule has 8 heavy (non-hydrogen) atoms. The smallest absolute Gasteiger partial charge is 0.00698 e. The fourth-order valence-corrected chi connectivity index (χ4v) is 2.01. The average Bonchev–Trinajstić information content (AvgIpc) is 2.12. The van der Waals surface area contributed by atoms with Gasteiger partial charge in [-0.25, -0.2) is 0 Å². The van der Waals surface area contributed by atoms with Gasteiger partial charge in [0.15, 0.2) is 0 Å². The molecule has 1 saturated carbocycles. The lowest BCUT2D eigenvalue weighted by atomic mass is 10.0. The lowest BCUT2D eigenvalue weighted by Crippen LogP contribution is -2.31. The van der Waals surface area contributed by atoms with Crippen molar-refractivity contribution in [3.63, 3.8) is 0 Å². The number of piperidine rings is 1. The third kappa shape index (κ3) is 0.655. The maximum absolute atomic E-state index is 3.51. The van der Waals surface area contributed by atoms with Gasteiger partial charge in [0.25, 0.3) is 0 Å². The summed E-state index contributed by atoms with van der Waals surface area (Å²) in [5.74, 6) is 1.10. The highest BCUT2D eigenvalue weighted by Gasteiger charge is 2.27. The van der Waals surface area contributed by atoms with E-state index in [1.165, 1.54) is 32.2 Å². The van der Waals surface area contributed by atoms with E-state index in [2.05, 4.69) is 5.32 Å². The van der Waals surface area contributed by atoms with Crippen LogP contribution in [0.3, 0.4) is 0 Å². The maximum atomic E-state index is 3.51. The normalized spacial score (nSPS) is 45.0. The van der Waals surface area contributed by atoms with Crippen LogP contribution in [0.1, 0.15) is 25.7 Å². The first-order valence-corrected chi connectivity index (χ1v) is 3.68. The van der Waals surface area contributed by atoms with E-state index in [-0.39, 0.29) is 0 Å². The van der Waals surface area contributed by atoms with Crippen LogP contribution in [0.25, 0.3) is 0 Å². The van der Waals surface area contributed by atoms with Crippen molar-refractivity contribution < 1.29 is 0 Å². The van der Waals surface area contributed by atoms with Crippen molar-refractivity contribution in [2.24, 2.45) is 5.92 Å². The predicted octanol–water partition coefficient (Wildman–Crippen LogP) is 1.15. The summed E-state index contributed by atoms with van der Waals surface area (Å²) < 4.78 is 0. The molecule has 2 aliphatic rings. The zero-order valence-corrected chi connectivity index (χ0v) is 5.19. The van der Waals surface area contributed by atoms with E-state index in [4.69, 9.17) is 0 Å². The quantitative estimate of drug-likeness (QED) is 0.494. The first kappa shape index (κ1) is 4.80. The molecule has 1 N–H and O–H groups in total. The predicted molar refractivity (Wildman–Crippen MR) is 33.7 cm³/mol. The lowest BCUT2D eigenvalue weighted by molar-refractivity contribution is 0.391. The van der Waals surface area contributed by atoms with Gasteiger partial charge < -0.3 is 5.32 Å². The highest BCUT2D eigenvalue weighted by Crippen LogP contribution is 2.30. The number of rotatable bonds is 0. The van der Waals surface area contributed by atoms with Crippen molar-refractivity contribution in [1.29, 1.82) is 0 Å². The van der Waals surface area contributed by atoms with Gasteiger partial charge in [0.1, 0.15) is 0 Å². The molecule has 1 heteroatoms. The van der Waals surface area contributed by atoms with Crippen molar-refractivity contribution in [3.05, 3.63) is 0 Å². The third-order valence-electron chi connectivity index (χ3n) is 2.53. The molecule has 0 spiro atoms. The molecule has 2 rings (SSSR count). The zero-order chi connectivity index (χ0) is 5.40. The van der Waals surface area contributed by atoms with E-state index < -0.39 is 0 Å². The molecular weight excluding hydrogens is 98.1 g/mol. The Bertz CT molecular complexity index is 76.4.